The molecule has 0 saturated carbocycles. The van der Waals surface area contributed by atoms with Crippen molar-refractivity contribution in [2.45, 2.75) is 12.8 Å². The lowest BCUT2D eigenvalue weighted by Gasteiger charge is -2.32. The lowest BCUT2D eigenvalue weighted by atomic mass is 9.80. The van der Waals surface area contributed by atoms with Gasteiger partial charge in [-0.1, -0.05) is 35.3 Å². The second-order valence-electron chi connectivity index (χ2n) is 7.08. The Hall–Kier alpha value is -2.14. The number of ether oxygens (including phenoxy) is 5. The molecule has 1 unspecified atom stereocenters. The summed E-state index contributed by atoms with van der Waals surface area (Å²) in [6.07, 6.45) is 0. The molecule has 188 valence electrons. The van der Waals surface area contributed by atoms with Gasteiger partial charge in [0, 0.05) is 13.7 Å². The van der Waals surface area contributed by atoms with Gasteiger partial charge in [-0.25, -0.2) is 9.59 Å². The number of rotatable bonds is 13. The molecule has 0 spiro atoms. The molecule has 0 radical (unpaired) electrons. The first kappa shape index (κ1) is 28.1. The molecule has 2 rings (SSSR count). The zero-order valence-corrected chi connectivity index (χ0v) is 21.0. The highest BCUT2D eigenvalue weighted by Gasteiger charge is 2.40. The fourth-order valence-electron chi connectivity index (χ4n) is 3.51. The minimum absolute atomic E-state index is 0.0104. The van der Waals surface area contributed by atoms with Crippen LogP contribution in [0.25, 0.3) is 0 Å². The largest absolute Gasteiger partial charge is 0.466 e. The molecule has 1 aromatic rings. The van der Waals surface area contributed by atoms with Crippen LogP contribution < -0.4 is 11.1 Å². The molecule has 0 aliphatic carbocycles. The molecular formula is C23H30Cl2N2O7. The summed E-state index contributed by atoms with van der Waals surface area (Å²) in [5, 5.41) is 3.59. The Morgan fingerprint density at radius 2 is 1.68 bits per heavy atom. The topological polar surface area (TPSA) is 118 Å². The highest BCUT2D eigenvalue weighted by atomic mass is 35.5. The summed E-state index contributed by atoms with van der Waals surface area (Å²) in [6.45, 7) is 3.28. The average molecular weight is 517 g/mol. The van der Waals surface area contributed by atoms with E-state index in [4.69, 9.17) is 52.6 Å². The monoisotopic (exact) mass is 516 g/mol. The predicted octanol–water partition coefficient (Wildman–Crippen LogP) is 2.56. The van der Waals surface area contributed by atoms with E-state index in [0.717, 1.165) is 0 Å². The average Bonchev–Trinajstić information content (AvgIpc) is 2.82. The molecule has 1 aromatic carbocycles. The fraction of sp³-hybridized carbons (Fsp3) is 0.478. The van der Waals surface area contributed by atoms with Crippen molar-refractivity contribution in [3.05, 3.63) is 56.3 Å². The molecule has 3 N–H and O–H groups in total. The van der Waals surface area contributed by atoms with Gasteiger partial charge in [-0.3, -0.25) is 0 Å². The van der Waals surface area contributed by atoms with Crippen LogP contribution in [0.2, 0.25) is 10.0 Å². The number of benzene rings is 1. The summed E-state index contributed by atoms with van der Waals surface area (Å²) in [5.74, 6) is -2.22. The molecule has 1 heterocycles. The van der Waals surface area contributed by atoms with E-state index in [1.165, 1.54) is 14.2 Å². The third-order valence-corrected chi connectivity index (χ3v) is 5.73. The van der Waals surface area contributed by atoms with Crippen molar-refractivity contribution in [3.8, 4) is 0 Å². The summed E-state index contributed by atoms with van der Waals surface area (Å²) >= 11 is 12.8. The minimum Gasteiger partial charge on any atom is -0.466 e. The van der Waals surface area contributed by atoms with Crippen LogP contribution in [0.5, 0.6) is 0 Å². The lowest BCUT2D eigenvalue weighted by Crippen LogP contribution is -2.37. The number of carbonyl (C=O) groups is 2. The van der Waals surface area contributed by atoms with Crippen LogP contribution in [-0.2, 0) is 33.3 Å². The Balaban J connectivity index is 2.62. The van der Waals surface area contributed by atoms with Crippen LogP contribution in [0.1, 0.15) is 18.4 Å². The highest BCUT2D eigenvalue weighted by Crippen LogP contribution is 2.43. The maximum atomic E-state index is 13.2. The van der Waals surface area contributed by atoms with Gasteiger partial charge in [0.15, 0.2) is 0 Å². The molecule has 0 bridgehead atoms. The second kappa shape index (κ2) is 14.3. The third-order valence-electron chi connectivity index (χ3n) is 4.89. The maximum Gasteiger partial charge on any atom is 0.336 e. The van der Waals surface area contributed by atoms with Gasteiger partial charge in [-0.2, -0.15) is 0 Å². The molecule has 1 aliphatic heterocycles. The van der Waals surface area contributed by atoms with Crippen molar-refractivity contribution < 1.29 is 33.3 Å². The smallest absolute Gasteiger partial charge is 0.336 e. The molecule has 1 atom stereocenters. The Morgan fingerprint density at radius 3 is 2.32 bits per heavy atom. The van der Waals surface area contributed by atoms with Crippen LogP contribution in [0.3, 0.4) is 0 Å². The van der Waals surface area contributed by atoms with E-state index in [-0.39, 0.29) is 47.6 Å². The van der Waals surface area contributed by atoms with E-state index in [1.807, 2.05) is 0 Å². The van der Waals surface area contributed by atoms with E-state index in [1.54, 1.807) is 25.1 Å². The first-order valence-electron chi connectivity index (χ1n) is 10.7. The molecule has 9 nitrogen and oxygen atoms in total. The number of nitrogens with one attached hydrogen (secondary N) is 1. The van der Waals surface area contributed by atoms with Gasteiger partial charge in [0.25, 0.3) is 0 Å². The van der Waals surface area contributed by atoms with E-state index in [0.29, 0.717) is 36.7 Å². The van der Waals surface area contributed by atoms with Crippen molar-refractivity contribution in [2.75, 3.05) is 60.4 Å². The third kappa shape index (κ3) is 6.94. The molecule has 1 aliphatic rings. The van der Waals surface area contributed by atoms with Crippen LogP contribution in [0.4, 0.5) is 0 Å². The number of hydrogen-bond acceptors (Lipinski definition) is 9. The lowest BCUT2D eigenvalue weighted by molar-refractivity contribution is -0.139. The predicted molar refractivity (Wildman–Crippen MR) is 128 cm³/mol. The number of esters is 2. The van der Waals surface area contributed by atoms with Crippen molar-refractivity contribution in [1.29, 1.82) is 0 Å². The van der Waals surface area contributed by atoms with Gasteiger partial charge in [-0.15, -0.1) is 0 Å². The summed E-state index contributed by atoms with van der Waals surface area (Å²) in [5.41, 5.74) is 6.98. The van der Waals surface area contributed by atoms with Gasteiger partial charge in [0.05, 0.1) is 85.3 Å². The van der Waals surface area contributed by atoms with Crippen LogP contribution in [0.15, 0.2) is 40.7 Å². The van der Waals surface area contributed by atoms with Crippen molar-refractivity contribution in [3.63, 3.8) is 0 Å². The molecule has 0 amide bonds. The van der Waals surface area contributed by atoms with E-state index >= 15 is 0 Å². The number of dihydropyridines is 1. The first-order valence-corrected chi connectivity index (χ1v) is 11.4. The summed E-state index contributed by atoms with van der Waals surface area (Å²) in [7, 11) is 2.74. The molecule has 34 heavy (non-hydrogen) atoms. The number of methoxy groups -OCH3 is 2. The Bertz CT molecular complexity index is 934. The molecular weight excluding hydrogens is 487 g/mol. The minimum atomic E-state index is -0.934. The molecule has 0 saturated heterocycles. The number of carbonyl (C=O) groups excluding carboxylic acids is 2. The van der Waals surface area contributed by atoms with Gasteiger partial charge in [0.1, 0.15) is 0 Å². The number of halogens is 2. The van der Waals surface area contributed by atoms with Gasteiger partial charge in [0.2, 0.25) is 0 Å². The van der Waals surface area contributed by atoms with Crippen molar-refractivity contribution >= 4 is 35.1 Å². The van der Waals surface area contributed by atoms with E-state index in [2.05, 4.69) is 5.32 Å². The van der Waals surface area contributed by atoms with Gasteiger partial charge in [-0.05, 0) is 18.6 Å². The standard InChI is InChI=1S/C23H30Cl2N2O7/c1-4-34-23(29)20-17(13-33-11-10-32-9-8-26)27-16(12-30-2)19(22(28)31-3)18(20)14-6-5-7-15(24)21(14)25/h5-7,18,27H,4,8-13,26H2,1-3H3. The SMILES string of the molecule is CCOC(=O)C1=C(COCCOCCN)NC(COC)=C(C(=O)OC)C1c1cccc(Cl)c1Cl. The van der Waals surface area contributed by atoms with Crippen molar-refractivity contribution in [1.82, 2.24) is 5.32 Å². The van der Waals surface area contributed by atoms with Crippen LogP contribution in [0, 0.1) is 0 Å². The normalized spacial score (nSPS) is 15.9. The molecule has 11 heteroatoms. The van der Waals surface area contributed by atoms with E-state index in [9.17, 15) is 9.59 Å². The molecule has 0 aromatic heterocycles. The molecule has 0 fully saturated rings. The van der Waals surface area contributed by atoms with Crippen molar-refractivity contribution in [2.24, 2.45) is 5.73 Å². The summed E-state index contributed by atoms with van der Waals surface area (Å²) in [4.78, 5) is 26.1. The summed E-state index contributed by atoms with van der Waals surface area (Å²) < 4.78 is 26.7. The van der Waals surface area contributed by atoms with E-state index < -0.39 is 17.9 Å². The maximum absolute atomic E-state index is 13.2. The zero-order valence-electron chi connectivity index (χ0n) is 19.5. The van der Waals surface area contributed by atoms with Gasteiger partial charge >= 0.3 is 11.9 Å². The number of nitrogens with two attached hydrogens (primary N) is 1. The quantitative estimate of drug-likeness (QED) is 0.301. The summed E-state index contributed by atoms with van der Waals surface area (Å²) in [6, 6.07) is 4.99. The fourth-order valence-corrected chi connectivity index (χ4v) is 3.93. The Kier molecular flexibility index (Phi) is 11.8. The Morgan fingerprint density at radius 1 is 1.00 bits per heavy atom. The number of hydrogen-bond donors (Lipinski definition) is 2. The van der Waals surface area contributed by atoms with Crippen LogP contribution in [-0.4, -0.2) is 72.3 Å². The van der Waals surface area contributed by atoms with Crippen LogP contribution >= 0.6 is 23.2 Å². The second-order valence-corrected chi connectivity index (χ2v) is 7.87. The zero-order chi connectivity index (χ0) is 25.1. The van der Waals surface area contributed by atoms with Gasteiger partial charge < -0.3 is 34.7 Å². The Labute approximate surface area is 209 Å². The highest BCUT2D eigenvalue weighted by molar-refractivity contribution is 6.42. The first-order chi connectivity index (χ1) is 16.4.